The topological polar surface area (TPSA) is 88.0 Å². The molecule has 0 bridgehead atoms. The van der Waals surface area contributed by atoms with Crippen molar-refractivity contribution in [2.75, 3.05) is 0 Å². The first-order valence-electron chi connectivity index (χ1n) is 5.12. The van der Waals surface area contributed by atoms with Crippen molar-refractivity contribution in [3.05, 3.63) is 38.8 Å². The Morgan fingerprint density at radius 1 is 1.44 bits per heavy atom. The van der Waals surface area contributed by atoms with E-state index in [9.17, 15) is 8.42 Å². The molecule has 0 radical (unpaired) electrons. The van der Waals surface area contributed by atoms with Crippen molar-refractivity contribution in [1.82, 2.24) is 9.71 Å². The second-order valence-electron chi connectivity index (χ2n) is 3.60. The van der Waals surface area contributed by atoms with Gasteiger partial charge < -0.3 is 10.7 Å². The Hall–Kier alpha value is -0.670. The minimum atomic E-state index is -3.48. The molecule has 5 nitrogen and oxygen atoms in total. The fourth-order valence-corrected chi connectivity index (χ4v) is 3.93. The summed E-state index contributed by atoms with van der Waals surface area (Å²) < 4.78 is 27.4. The summed E-state index contributed by atoms with van der Waals surface area (Å²) >= 11 is 4.83. The van der Waals surface area contributed by atoms with Crippen LogP contribution < -0.4 is 10.5 Å². The Kier molecular flexibility index (Phi) is 4.23. The van der Waals surface area contributed by atoms with Gasteiger partial charge in [0.15, 0.2) is 0 Å². The summed E-state index contributed by atoms with van der Waals surface area (Å²) in [5.41, 5.74) is 6.11. The number of hydrogen-bond acceptors (Lipinski definition) is 4. The summed E-state index contributed by atoms with van der Waals surface area (Å²) in [5, 5.41) is 0. The number of nitrogens with one attached hydrogen (secondary N) is 2. The molecule has 2 rings (SSSR count). The number of halogens is 1. The standard InChI is InChI=1S/C10H12BrN3O2S2/c11-10-2-1-8(17-10)5-14-18(15,16)9-3-7(4-12)13-6-9/h1-3,6,13-14H,4-5,12H2. The SMILES string of the molecule is NCc1cc(S(=O)(=O)NCc2ccc(Br)s2)c[nH]1. The normalized spacial score (nSPS) is 11.9. The monoisotopic (exact) mass is 349 g/mol. The molecular formula is C10H12BrN3O2S2. The van der Waals surface area contributed by atoms with Gasteiger partial charge in [-0.1, -0.05) is 0 Å². The van der Waals surface area contributed by atoms with Crippen LogP contribution in [0.15, 0.2) is 33.1 Å². The number of rotatable bonds is 5. The van der Waals surface area contributed by atoms with Crippen molar-refractivity contribution in [2.24, 2.45) is 5.73 Å². The van der Waals surface area contributed by atoms with Gasteiger partial charge in [-0.15, -0.1) is 11.3 Å². The Labute approximate surface area is 118 Å². The van der Waals surface area contributed by atoms with Crippen LogP contribution >= 0.6 is 27.3 Å². The lowest BCUT2D eigenvalue weighted by molar-refractivity contribution is 0.582. The van der Waals surface area contributed by atoms with Gasteiger partial charge in [0.2, 0.25) is 10.0 Å². The average Bonchev–Trinajstić information content (AvgIpc) is 2.95. The molecule has 8 heteroatoms. The highest BCUT2D eigenvalue weighted by Crippen LogP contribution is 2.22. The van der Waals surface area contributed by atoms with Crippen molar-refractivity contribution < 1.29 is 8.42 Å². The first-order chi connectivity index (χ1) is 8.51. The lowest BCUT2D eigenvalue weighted by atomic mass is 10.4. The van der Waals surface area contributed by atoms with E-state index in [0.29, 0.717) is 5.69 Å². The summed E-state index contributed by atoms with van der Waals surface area (Å²) in [5.74, 6) is 0. The van der Waals surface area contributed by atoms with Crippen molar-refractivity contribution in [1.29, 1.82) is 0 Å². The molecule has 0 aliphatic rings. The van der Waals surface area contributed by atoms with Crippen LogP contribution in [0.3, 0.4) is 0 Å². The minimum Gasteiger partial charge on any atom is -0.363 e. The number of thiophene rings is 1. The van der Waals surface area contributed by atoms with E-state index in [1.54, 1.807) is 0 Å². The van der Waals surface area contributed by atoms with Crippen LogP contribution in [-0.4, -0.2) is 13.4 Å². The number of H-pyrrole nitrogens is 1. The third kappa shape index (κ3) is 3.21. The number of aromatic nitrogens is 1. The van der Waals surface area contributed by atoms with E-state index >= 15 is 0 Å². The van der Waals surface area contributed by atoms with Gasteiger partial charge >= 0.3 is 0 Å². The lowest BCUT2D eigenvalue weighted by Gasteiger charge is -2.02. The van der Waals surface area contributed by atoms with E-state index in [4.69, 9.17) is 5.73 Å². The minimum absolute atomic E-state index is 0.207. The maximum absolute atomic E-state index is 12.0. The van der Waals surface area contributed by atoms with E-state index in [0.717, 1.165) is 8.66 Å². The quantitative estimate of drug-likeness (QED) is 0.768. The van der Waals surface area contributed by atoms with E-state index in [2.05, 4.69) is 25.6 Å². The van der Waals surface area contributed by atoms with Crippen LogP contribution in [0.4, 0.5) is 0 Å². The summed E-state index contributed by atoms with van der Waals surface area (Å²) in [6, 6.07) is 5.30. The van der Waals surface area contributed by atoms with Crippen LogP contribution in [0.5, 0.6) is 0 Å². The van der Waals surface area contributed by atoms with Crippen molar-refractivity contribution >= 4 is 37.3 Å². The van der Waals surface area contributed by atoms with Crippen LogP contribution in [0.25, 0.3) is 0 Å². The maximum Gasteiger partial charge on any atom is 0.242 e. The third-order valence-corrected chi connectivity index (χ3v) is 5.32. The molecule has 0 atom stereocenters. The van der Waals surface area contributed by atoms with Gasteiger partial charge in [0.25, 0.3) is 0 Å². The molecular weight excluding hydrogens is 338 g/mol. The summed E-state index contributed by atoms with van der Waals surface area (Å²) in [6.45, 7) is 0.565. The zero-order chi connectivity index (χ0) is 13.2. The Morgan fingerprint density at radius 3 is 2.78 bits per heavy atom. The summed E-state index contributed by atoms with van der Waals surface area (Å²) in [4.78, 5) is 3.97. The van der Waals surface area contributed by atoms with Gasteiger partial charge in [0, 0.05) is 29.9 Å². The number of nitrogens with two attached hydrogens (primary N) is 1. The van der Waals surface area contributed by atoms with E-state index in [-0.39, 0.29) is 18.0 Å². The summed E-state index contributed by atoms with van der Waals surface area (Å²) in [7, 11) is -3.48. The molecule has 2 aromatic heterocycles. The molecule has 0 aliphatic heterocycles. The Balaban J connectivity index is 2.07. The largest absolute Gasteiger partial charge is 0.363 e. The van der Waals surface area contributed by atoms with E-state index in [1.807, 2.05) is 12.1 Å². The molecule has 98 valence electrons. The number of hydrogen-bond donors (Lipinski definition) is 3. The fraction of sp³-hybridized carbons (Fsp3) is 0.200. The molecule has 0 amide bonds. The zero-order valence-corrected chi connectivity index (χ0v) is 12.5. The lowest BCUT2D eigenvalue weighted by Crippen LogP contribution is -2.22. The van der Waals surface area contributed by atoms with Crippen molar-refractivity contribution in [3.8, 4) is 0 Å². The van der Waals surface area contributed by atoms with Gasteiger partial charge in [-0.2, -0.15) is 0 Å². The smallest absolute Gasteiger partial charge is 0.242 e. The van der Waals surface area contributed by atoms with Crippen LogP contribution in [0.1, 0.15) is 10.6 Å². The molecule has 0 aromatic carbocycles. The molecule has 0 unspecified atom stereocenters. The zero-order valence-electron chi connectivity index (χ0n) is 9.31. The highest BCUT2D eigenvalue weighted by molar-refractivity contribution is 9.11. The van der Waals surface area contributed by atoms with Crippen molar-refractivity contribution in [3.63, 3.8) is 0 Å². The fourth-order valence-electron chi connectivity index (χ4n) is 1.39. The average molecular weight is 350 g/mol. The van der Waals surface area contributed by atoms with Crippen LogP contribution in [-0.2, 0) is 23.1 Å². The molecule has 0 saturated carbocycles. The number of aromatic amines is 1. The summed E-state index contributed by atoms with van der Waals surface area (Å²) in [6.07, 6.45) is 1.44. The Morgan fingerprint density at radius 2 is 2.22 bits per heavy atom. The van der Waals surface area contributed by atoms with E-state index < -0.39 is 10.0 Å². The molecule has 2 heterocycles. The predicted octanol–water partition coefficient (Wildman–Crippen LogP) is 1.78. The second-order valence-corrected chi connectivity index (χ2v) is 7.91. The van der Waals surface area contributed by atoms with Gasteiger partial charge in [-0.3, -0.25) is 0 Å². The number of sulfonamides is 1. The van der Waals surface area contributed by atoms with Crippen molar-refractivity contribution in [2.45, 2.75) is 18.0 Å². The Bertz CT molecular complexity index is 633. The van der Waals surface area contributed by atoms with Gasteiger partial charge in [0.05, 0.1) is 8.68 Å². The predicted molar refractivity (Wildman–Crippen MR) is 74.7 cm³/mol. The maximum atomic E-state index is 12.0. The highest BCUT2D eigenvalue weighted by atomic mass is 79.9. The first-order valence-corrected chi connectivity index (χ1v) is 8.22. The molecule has 0 fully saturated rings. The second kappa shape index (κ2) is 5.54. The first kappa shape index (κ1) is 13.8. The van der Waals surface area contributed by atoms with Gasteiger partial charge in [-0.05, 0) is 34.1 Å². The van der Waals surface area contributed by atoms with E-state index in [1.165, 1.54) is 23.6 Å². The molecule has 2 aromatic rings. The highest BCUT2D eigenvalue weighted by Gasteiger charge is 2.15. The van der Waals surface area contributed by atoms with Crippen LogP contribution in [0, 0.1) is 0 Å². The van der Waals surface area contributed by atoms with Crippen LogP contribution in [0.2, 0.25) is 0 Å². The molecule has 18 heavy (non-hydrogen) atoms. The third-order valence-electron chi connectivity index (χ3n) is 2.31. The van der Waals surface area contributed by atoms with Gasteiger partial charge in [-0.25, -0.2) is 13.1 Å². The molecule has 0 saturated heterocycles. The molecule has 0 aliphatic carbocycles. The van der Waals surface area contributed by atoms with Gasteiger partial charge in [0.1, 0.15) is 0 Å². The molecule has 4 N–H and O–H groups in total. The molecule has 0 spiro atoms.